The van der Waals surface area contributed by atoms with Crippen LogP contribution in [0.5, 0.6) is 0 Å². The molecule has 0 saturated carbocycles. The molecule has 0 aromatic carbocycles. The lowest BCUT2D eigenvalue weighted by Gasteiger charge is -2.48. The summed E-state index contributed by atoms with van der Waals surface area (Å²) in [5, 5.41) is 3.66. The first kappa shape index (κ1) is 12.3. The monoisotopic (exact) mass is 226 g/mol. The Labute approximate surface area is 99.5 Å². The molecule has 0 spiro atoms. The Hall–Kier alpha value is -0.120. The van der Waals surface area contributed by atoms with Crippen LogP contribution in [-0.2, 0) is 4.74 Å². The van der Waals surface area contributed by atoms with Crippen LogP contribution in [0.2, 0.25) is 0 Å². The second-order valence-electron chi connectivity index (χ2n) is 6.06. The first-order valence-corrected chi connectivity index (χ1v) is 6.61. The van der Waals surface area contributed by atoms with Crippen molar-refractivity contribution >= 4 is 0 Å². The van der Waals surface area contributed by atoms with Crippen molar-refractivity contribution in [3.63, 3.8) is 0 Å². The van der Waals surface area contributed by atoms with Crippen molar-refractivity contribution in [2.75, 3.05) is 26.3 Å². The maximum atomic E-state index is 5.60. The molecule has 3 unspecified atom stereocenters. The summed E-state index contributed by atoms with van der Waals surface area (Å²) in [6.07, 6.45) is 1.18. The van der Waals surface area contributed by atoms with Crippen LogP contribution in [0.15, 0.2) is 0 Å². The summed E-state index contributed by atoms with van der Waals surface area (Å²) in [5.74, 6) is 0.709. The van der Waals surface area contributed by atoms with Crippen LogP contribution in [0.3, 0.4) is 0 Å². The molecule has 0 aliphatic carbocycles. The third-order valence-electron chi connectivity index (χ3n) is 4.30. The van der Waals surface area contributed by atoms with Crippen LogP contribution in [0.4, 0.5) is 0 Å². The highest BCUT2D eigenvalue weighted by atomic mass is 16.5. The van der Waals surface area contributed by atoms with Gasteiger partial charge in [-0.2, -0.15) is 0 Å². The molecule has 2 rings (SSSR count). The number of piperazine rings is 1. The van der Waals surface area contributed by atoms with Crippen LogP contribution in [0.25, 0.3) is 0 Å². The van der Waals surface area contributed by atoms with Gasteiger partial charge in [0.15, 0.2) is 0 Å². The van der Waals surface area contributed by atoms with Crippen molar-refractivity contribution in [1.82, 2.24) is 10.2 Å². The van der Waals surface area contributed by atoms with Crippen molar-refractivity contribution in [2.45, 2.75) is 51.7 Å². The lowest BCUT2D eigenvalue weighted by atomic mass is 9.91. The first-order chi connectivity index (χ1) is 7.53. The fraction of sp³-hybridized carbons (Fsp3) is 1.00. The van der Waals surface area contributed by atoms with Gasteiger partial charge in [0.1, 0.15) is 0 Å². The largest absolute Gasteiger partial charge is 0.379 e. The molecule has 0 bridgehead atoms. The highest BCUT2D eigenvalue weighted by Crippen LogP contribution is 2.29. The predicted octanol–water partition coefficient (Wildman–Crippen LogP) is 1.48. The number of nitrogens with one attached hydrogen (secondary N) is 1. The minimum atomic E-state index is 0.272. The average molecular weight is 226 g/mol. The Balaban J connectivity index is 2.06. The Morgan fingerprint density at radius 2 is 2.19 bits per heavy atom. The zero-order chi connectivity index (χ0) is 11.8. The zero-order valence-electron chi connectivity index (χ0n) is 11.1. The molecule has 2 aliphatic heterocycles. The van der Waals surface area contributed by atoms with Gasteiger partial charge in [-0.1, -0.05) is 13.8 Å². The lowest BCUT2D eigenvalue weighted by molar-refractivity contribution is 0.0120. The standard InChI is InChI=1S/C13H26N2O/c1-10(2)12-8-15(11(3)7-14-12)13(4)5-6-16-9-13/h10-12,14H,5-9H2,1-4H3. The number of hydrogen-bond donors (Lipinski definition) is 1. The van der Waals surface area contributed by atoms with Gasteiger partial charge in [-0.25, -0.2) is 0 Å². The summed E-state index contributed by atoms with van der Waals surface area (Å²) >= 11 is 0. The van der Waals surface area contributed by atoms with E-state index in [0.717, 1.165) is 19.8 Å². The van der Waals surface area contributed by atoms with Gasteiger partial charge in [-0.05, 0) is 26.2 Å². The number of nitrogens with zero attached hydrogens (tertiary/aromatic N) is 1. The van der Waals surface area contributed by atoms with Crippen molar-refractivity contribution in [2.24, 2.45) is 5.92 Å². The first-order valence-electron chi connectivity index (χ1n) is 6.61. The lowest BCUT2D eigenvalue weighted by Crippen LogP contribution is -2.64. The SMILES string of the molecule is CC(C)C1CN(C2(C)CCOC2)C(C)CN1. The van der Waals surface area contributed by atoms with E-state index in [2.05, 4.69) is 37.9 Å². The van der Waals surface area contributed by atoms with Crippen LogP contribution in [-0.4, -0.2) is 48.8 Å². The van der Waals surface area contributed by atoms with Crippen molar-refractivity contribution in [3.05, 3.63) is 0 Å². The van der Waals surface area contributed by atoms with E-state index in [1.54, 1.807) is 0 Å². The van der Waals surface area contributed by atoms with Gasteiger partial charge < -0.3 is 10.1 Å². The fourth-order valence-electron chi connectivity index (χ4n) is 2.97. The smallest absolute Gasteiger partial charge is 0.0648 e. The molecular formula is C13H26N2O. The number of ether oxygens (including phenoxy) is 1. The minimum Gasteiger partial charge on any atom is -0.379 e. The van der Waals surface area contributed by atoms with Crippen LogP contribution in [0, 0.1) is 5.92 Å². The second kappa shape index (κ2) is 4.63. The van der Waals surface area contributed by atoms with Gasteiger partial charge in [-0.3, -0.25) is 4.90 Å². The summed E-state index contributed by atoms with van der Waals surface area (Å²) in [7, 11) is 0. The molecule has 0 radical (unpaired) electrons. The molecule has 16 heavy (non-hydrogen) atoms. The Bertz CT molecular complexity index is 236. The maximum Gasteiger partial charge on any atom is 0.0648 e. The van der Waals surface area contributed by atoms with E-state index in [-0.39, 0.29) is 5.54 Å². The van der Waals surface area contributed by atoms with E-state index in [9.17, 15) is 0 Å². The van der Waals surface area contributed by atoms with Gasteiger partial charge in [-0.15, -0.1) is 0 Å². The van der Waals surface area contributed by atoms with E-state index >= 15 is 0 Å². The molecule has 3 nitrogen and oxygen atoms in total. The van der Waals surface area contributed by atoms with Crippen LogP contribution in [0.1, 0.15) is 34.1 Å². The van der Waals surface area contributed by atoms with E-state index < -0.39 is 0 Å². The summed E-state index contributed by atoms with van der Waals surface area (Å²) in [6, 6.07) is 1.26. The third-order valence-corrected chi connectivity index (χ3v) is 4.30. The Kier molecular flexibility index (Phi) is 3.57. The summed E-state index contributed by atoms with van der Waals surface area (Å²) in [6.45, 7) is 13.4. The summed E-state index contributed by atoms with van der Waals surface area (Å²) in [5.41, 5.74) is 0.272. The summed E-state index contributed by atoms with van der Waals surface area (Å²) < 4.78 is 5.60. The fourth-order valence-corrected chi connectivity index (χ4v) is 2.97. The van der Waals surface area contributed by atoms with Gasteiger partial charge in [0, 0.05) is 37.3 Å². The average Bonchev–Trinajstić information content (AvgIpc) is 2.66. The quantitative estimate of drug-likeness (QED) is 0.772. The molecule has 2 aliphatic rings. The molecule has 94 valence electrons. The normalized spacial score (nSPS) is 41.8. The summed E-state index contributed by atoms with van der Waals surface area (Å²) in [4.78, 5) is 2.67. The van der Waals surface area contributed by atoms with Gasteiger partial charge in [0.25, 0.3) is 0 Å². The van der Waals surface area contributed by atoms with Crippen molar-refractivity contribution in [1.29, 1.82) is 0 Å². The topological polar surface area (TPSA) is 24.5 Å². The molecule has 2 fully saturated rings. The number of hydrogen-bond acceptors (Lipinski definition) is 3. The van der Waals surface area contributed by atoms with Crippen LogP contribution >= 0.6 is 0 Å². The van der Waals surface area contributed by atoms with Crippen molar-refractivity contribution < 1.29 is 4.74 Å². The third kappa shape index (κ3) is 2.27. The van der Waals surface area contributed by atoms with Crippen LogP contribution < -0.4 is 5.32 Å². The molecule has 3 atom stereocenters. The Morgan fingerprint density at radius 3 is 2.75 bits per heavy atom. The van der Waals surface area contributed by atoms with E-state index in [0.29, 0.717) is 18.0 Å². The Morgan fingerprint density at radius 1 is 1.44 bits per heavy atom. The van der Waals surface area contributed by atoms with Gasteiger partial charge >= 0.3 is 0 Å². The molecule has 0 aromatic rings. The van der Waals surface area contributed by atoms with E-state index in [1.807, 2.05) is 0 Å². The second-order valence-corrected chi connectivity index (χ2v) is 6.06. The van der Waals surface area contributed by atoms with Crippen molar-refractivity contribution in [3.8, 4) is 0 Å². The highest BCUT2D eigenvalue weighted by molar-refractivity contribution is 4.97. The van der Waals surface area contributed by atoms with E-state index in [4.69, 9.17) is 4.74 Å². The molecule has 1 N–H and O–H groups in total. The van der Waals surface area contributed by atoms with Gasteiger partial charge in [0.05, 0.1) is 6.61 Å². The van der Waals surface area contributed by atoms with Gasteiger partial charge in [0.2, 0.25) is 0 Å². The zero-order valence-corrected chi connectivity index (χ0v) is 11.1. The van der Waals surface area contributed by atoms with E-state index in [1.165, 1.54) is 13.0 Å². The molecule has 0 amide bonds. The maximum absolute atomic E-state index is 5.60. The minimum absolute atomic E-state index is 0.272. The number of rotatable bonds is 2. The predicted molar refractivity (Wildman–Crippen MR) is 66.6 cm³/mol. The molecule has 3 heteroatoms. The molecule has 2 heterocycles. The molecular weight excluding hydrogens is 200 g/mol. The molecule has 2 saturated heterocycles. The molecule has 0 aromatic heterocycles. The highest BCUT2D eigenvalue weighted by Gasteiger charge is 2.41.